The highest BCUT2D eigenvalue weighted by atomic mass is 16.5. The van der Waals surface area contributed by atoms with E-state index in [1.165, 1.54) is 6.42 Å². The van der Waals surface area contributed by atoms with Gasteiger partial charge in [-0.05, 0) is 60.4 Å². The van der Waals surface area contributed by atoms with Crippen LogP contribution in [0.2, 0.25) is 0 Å². The molecule has 2 fully saturated rings. The highest BCUT2D eigenvalue weighted by molar-refractivity contribution is 5.90. The fourth-order valence-corrected chi connectivity index (χ4v) is 5.47. The molecule has 4 aliphatic carbocycles. The molecule has 0 radical (unpaired) electrons. The van der Waals surface area contributed by atoms with Gasteiger partial charge in [0, 0.05) is 25.2 Å². The lowest BCUT2D eigenvalue weighted by Crippen LogP contribution is -2.30. The number of allylic oxidation sites excluding steroid dienone is 3. The quantitative estimate of drug-likeness (QED) is 0.634. The van der Waals surface area contributed by atoms with E-state index in [2.05, 4.69) is 24.3 Å². The standard InChI is InChI=1S/C20H21NO2/c1-21(2)15-7-4-12(5-8-15)19(22)23-17-10-9-16-18-13-3-6-14(11-13)20(16,17)18/h3-10,13-14,16-18H,11H2,1-2H3/t13?,14?,16?,17-,18-,20-/m1/s1. The molecule has 2 saturated carbocycles. The molecule has 4 aliphatic rings. The molecule has 23 heavy (non-hydrogen) atoms. The Kier molecular flexibility index (Phi) is 2.50. The molecule has 0 aromatic heterocycles. The van der Waals surface area contributed by atoms with Crippen LogP contribution in [0.15, 0.2) is 48.6 Å². The smallest absolute Gasteiger partial charge is 0.338 e. The summed E-state index contributed by atoms with van der Waals surface area (Å²) < 4.78 is 5.94. The number of anilines is 1. The monoisotopic (exact) mass is 307 g/mol. The van der Waals surface area contributed by atoms with Gasteiger partial charge in [-0.2, -0.15) is 0 Å². The van der Waals surface area contributed by atoms with Crippen molar-refractivity contribution in [3.8, 4) is 0 Å². The lowest BCUT2D eigenvalue weighted by Gasteiger charge is -2.26. The zero-order valence-corrected chi connectivity index (χ0v) is 13.5. The summed E-state index contributed by atoms with van der Waals surface area (Å²) in [6, 6.07) is 7.64. The number of benzene rings is 1. The Morgan fingerprint density at radius 1 is 1.13 bits per heavy atom. The van der Waals surface area contributed by atoms with E-state index in [1.807, 2.05) is 43.3 Å². The van der Waals surface area contributed by atoms with E-state index in [0.717, 1.165) is 17.5 Å². The van der Waals surface area contributed by atoms with Crippen LogP contribution in [-0.4, -0.2) is 26.2 Å². The van der Waals surface area contributed by atoms with Crippen molar-refractivity contribution in [1.29, 1.82) is 0 Å². The molecule has 0 N–H and O–H groups in total. The third-order valence-electron chi connectivity index (χ3n) is 6.49. The van der Waals surface area contributed by atoms with E-state index < -0.39 is 0 Å². The van der Waals surface area contributed by atoms with Gasteiger partial charge in [-0.1, -0.05) is 18.2 Å². The number of nitrogens with zero attached hydrogens (tertiary/aromatic N) is 1. The second-order valence-electron chi connectivity index (χ2n) is 7.59. The Bertz CT molecular complexity index is 733. The maximum absolute atomic E-state index is 12.5. The van der Waals surface area contributed by atoms with Crippen LogP contribution in [0.1, 0.15) is 16.8 Å². The van der Waals surface area contributed by atoms with Gasteiger partial charge in [0.15, 0.2) is 0 Å². The highest BCUT2D eigenvalue weighted by Crippen LogP contribution is 2.80. The Morgan fingerprint density at radius 3 is 2.65 bits per heavy atom. The van der Waals surface area contributed by atoms with Gasteiger partial charge >= 0.3 is 5.97 Å². The molecule has 118 valence electrons. The molecule has 3 heteroatoms. The molecule has 0 aliphatic heterocycles. The Morgan fingerprint density at radius 2 is 1.91 bits per heavy atom. The van der Waals surface area contributed by atoms with Crippen molar-refractivity contribution in [2.45, 2.75) is 12.5 Å². The minimum atomic E-state index is -0.197. The number of hydrogen-bond acceptors (Lipinski definition) is 3. The molecule has 0 amide bonds. The van der Waals surface area contributed by atoms with E-state index in [1.54, 1.807) is 0 Å². The van der Waals surface area contributed by atoms with Gasteiger partial charge in [-0.25, -0.2) is 4.79 Å². The van der Waals surface area contributed by atoms with Crippen molar-refractivity contribution in [3.63, 3.8) is 0 Å². The number of carbonyl (C=O) groups excluding carboxylic acids is 1. The molecule has 3 nitrogen and oxygen atoms in total. The third-order valence-corrected chi connectivity index (χ3v) is 6.49. The van der Waals surface area contributed by atoms with Crippen LogP contribution < -0.4 is 4.90 Å². The minimum Gasteiger partial charge on any atom is -0.454 e. The maximum atomic E-state index is 12.5. The number of rotatable bonds is 3. The number of carbonyl (C=O) groups is 1. The van der Waals surface area contributed by atoms with Crippen LogP contribution in [0.4, 0.5) is 5.69 Å². The molecule has 0 heterocycles. The molecule has 1 aromatic carbocycles. The van der Waals surface area contributed by atoms with Gasteiger partial charge < -0.3 is 9.64 Å². The largest absolute Gasteiger partial charge is 0.454 e. The third kappa shape index (κ3) is 1.58. The summed E-state index contributed by atoms with van der Waals surface area (Å²) in [6.07, 6.45) is 10.4. The lowest BCUT2D eigenvalue weighted by atomic mass is 9.85. The number of hydrogen-bond donors (Lipinski definition) is 0. The van der Waals surface area contributed by atoms with Crippen molar-refractivity contribution in [1.82, 2.24) is 0 Å². The predicted octanol–water partition coefficient (Wildman–Crippen LogP) is 3.29. The van der Waals surface area contributed by atoms with Gasteiger partial charge in [-0.15, -0.1) is 0 Å². The van der Waals surface area contributed by atoms with Crippen LogP contribution in [0.5, 0.6) is 0 Å². The number of ether oxygens (including phenoxy) is 1. The molecule has 5 rings (SSSR count). The molecule has 1 aromatic rings. The summed E-state index contributed by atoms with van der Waals surface area (Å²) in [5, 5.41) is 0. The maximum Gasteiger partial charge on any atom is 0.338 e. The second-order valence-corrected chi connectivity index (χ2v) is 7.59. The van der Waals surface area contributed by atoms with Crippen LogP contribution in [-0.2, 0) is 4.74 Å². The summed E-state index contributed by atoms with van der Waals surface area (Å²) in [7, 11) is 3.98. The lowest BCUT2D eigenvalue weighted by molar-refractivity contribution is 0.0180. The Balaban J connectivity index is 1.35. The van der Waals surface area contributed by atoms with Gasteiger partial charge in [0.05, 0.1) is 5.56 Å². The first kappa shape index (κ1) is 13.4. The molecular weight excluding hydrogens is 286 g/mol. The van der Waals surface area contributed by atoms with Crippen LogP contribution in [0.25, 0.3) is 0 Å². The van der Waals surface area contributed by atoms with E-state index in [9.17, 15) is 4.79 Å². The topological polar surface area (TPSA) is 29.5 Å². The molecule has 2 bridgehead atoms. The van der Waals surface area contributed by atoms with Gasteiger partial charge in [0.25, 0.3) is 0 Å². The second kappa shape index (κ2) is 4.28. The average molecular weight is 307 g/mol. The summed E-state index contributed by atoms with van der Waals surface area (Å²) in [5.74, 6) is 2.48. The fourth-order valence-electron chi connectivity index (χ4n) is 5.47. The number of esters is 1. The van der Waals surface area contributed by atoms with Crippen LogP contribution >= 0.6 is 0 Å². The molecular formula is C20H21NO2. The SMILES string of the molecule is CN(C)c1ccc(C(=O)O[C@@H]2C=CC3[C@H]4C5C=CC(C5)[C@]342)cc1. The highest BCUT2D eigenvalue weighted by Gasteiger charge is 2.79. The van der Waals surface area contributed by atoms with E-state index in [4.69, 9.17) is 4.74 Å². The zero-order valence-electron chi connectivity index (χ0n) is 13.5. The molecule has 0 saturated heterocycles. The van der Waals surface area contributed by atoms with Crippen molar-refractivity contribution in [2.24, 2.45) is 29.1 Å². The normalized spacial score (nSPS) is 40.9. The van der Waals surface area contributed by atoms with Gasteiger partial charge in [0.2, 0.25) is 0 Å². The molecule has 1 spiro atoms. The molecule has 6 atom stereocenters. The van der Waals surface area contributed by atoms with E-state index >= 15 is 0 Å². The van der Waals surface area contributed by atoms with Crippen LogP contribution in [0.3, 0.4) is 0 Å². The fraction of sp³-hybridized carbons (Fsp3) is 0.450. The first-order chi connectivity index (χ1) is 11.1. The van der Waals surface area contributed by atoms with Crippen LogP contribution in [0, 0.1) is 29.1 Å². The first-order valence-electron chi connectivity index (χ1n) is 8.47. The molecule has 3 unspecified atom stereocenters. The van der Waals surface area contributed by atoms with Crippen molar-refractivity contribution < 1.29 is 9.53 Å². The van der Waals surface area contributed by atoms with Crippen molar-refractivity contribution in [3.05, 3.63) is 54.1 Å². The van der Waals surface area contributed by atoms with E-state index in [0.29, 0.717) is 17.4 Å². The Hall–Kier alpha value is -2.03. The van der Waals surface area contributed by atoms with Gasteiger partial charge in [0.1, 0.15) is 6.10 Å². The van der Waals surface area contributed by atoms with E-state index in [-0.39, 0.29) is 17.5 Å². The van der Waals surface area contributed by atoms with Crippen molar-refractivity contribution >= 4 is 11.7 Å². The van der Waals surface area contributed by atoms with Gasteiger partial charge in [-0.3, -0.25) is 0 Å². The zero-order chi connectivity index (χ0) is 15.8. The summed E-state index contributed by atoms with van der Waals surface area (Å²) >= 11 is 0. The van der Waals surface area contributed by atoms with Crippen molar-refractivity contribution in [2.75, 3.05) is 19.0 Å². The summed E-state index contributed by atoms with van der Waals surface area (Å²) in [4.78, 5) is 14.6. The average Bonchev–Trinajstić information content (AvgIpc) is 2.90. The number of fused-ring (bicyclic) bond motifs is 4. The summed E-state index contributed by atoms with van der Waals surface area (Å²) in [6.45, 7) is 0. The predicted molar refractivity (Wildman–Crippen MR) is 89.3 cm³/mol. The first-order valence-corrected chi connectivity index (χ1v) is 8.47. The Labute approximate surface area is 136 Å². The summed E-state index contributed by atoms with van der Waals surface area (Å²) in [5.41, 5.74) is 1.93. The minimum absolute atomic E-state index is 0.0431.